The Hall–Kier alpha value is -0.200. The highest BCUT2D eigenvalue weighted by Crippen LogP contribution is 2.12. The van der Waals surface area contributed by atoms with Crippen LogP contribution in [-0.4, -0.2) is 43.3 Å². The predicted octanol–water partition coefficient (Wildman–Crippen LogP) is -2.00. The van der Waals surface area contributed by atoms with Gasteiger partial charge in [-0.3, -0.25) is 0 Å². The first-order chi connectivity index (χ1) is 5.16. The second kappa shape index (κ2) is 3.46. The van der Waals surface area contributed by atoms with Crippen LogP contribution in [0.1, 0.15) is 0 Å². The standard InChI is InChI=1S/C6H14N2O3/c1-10-6-4(8)5(9)3(7)2-11-6/h3-6,9H,2,7-8H2,1H3/t3-,4-,5-,6-/m0/s1. The number of ether oxygens (including phenoxy) is 2. The van der Waals surface area contributed by atoms with Crippen LogP contribution in [0.15, 0.2) is 0 Å². The van der Waals surface area contributed by atoms with Gasteiger partial charge in [-0.1, -0.05) is 0 Å². The maximum absolute atomic E-state index is 9.34. The van der Waals surface area contributed by atoms with Crippen molar-refractivity contribution < 1.29 is 14.6 Å². The van der Waals surface area contributed by atoms with E-state index in [9.17, 15) is 5.11 Å². The zero-order valence-electron chi connectivity index (χ0n) is 6.43. The van der Waals surface area contributed by atoms with E-state index in [1.54, 1.807) is 0 Å². The fourth-order valence-corrected chi connectivity index (χ4v) is 1.09. The van der Waals surface area contributed by atoms with Gasteiger partial charge in [0, 0.05) is 7.11 Å². The Morgan fingerprint density at radius 2 is 2.18 bits per heavy atom. The summed E-state index contributed by atoms with van der Waals surface area (Å²) in [4.78, 5) is 0. The summed E-state index contributed by atoms with van der Waals surface area (Å²) in [6, 6.07) is -0.958. The highest BCUT2D eigenvalue weighted by molar-refractivity contribution is 4.87. The molecule has 1 fully saturated rings. The van der Waals surface area contributed by atoms with Crippen molar-refractivity contribution in [3.05, 3.63) is 0 Å². The molecule has 0 aliphatic carbocycles. The molecular formula is C6H14N2O3. The molecule has 0 aromatic rings. The lowest BCUT2D eigenvalue weighted by atomic mass is 10.0. The van der Waals surface area contributed by atoms with Gasteiger partial charge in [0.1, 0.15) is 0 Å². The SMILES string of the molecule is CO[C@H]1OC[C@H](N)[C@H](O)[C@@H]1N. The highest BCUT2D eigenvalue weighted by atomic mass is 16.7. The zero-order chi connectivity index (χ0) is 8.43. The minimum Gasteiger partial charge on any atom is -0.390 e. The first-order valence-corrected chi connectivity index (χ1v) is 3.50. The van der Waals surface area contributed by atoms with E-state index in [1.165, 1.54) is 7.11 Å². The summed E-state index contributed by atoms with van der Waals surface area (Å²) >= 11 is 0. The normalized spacial score (nSPS) is 45.8. The molecule has 0 amide bonds. The monoisotopic (exact) mass is 162 g/mol. The Morgan fingerprint density at radius 3 is 2.73 bits per heavy atom. The Kier molecular flexibility index (Phi) is 2.80. The van der Waals surface area contributed by atoms with Crippen LogP contribution in [0.5, 0.6) is 0 Å². The molecule has 1 rings (SSSR count). The Morgan fingerprint density at radius 1 is 1.55 bits per heavy atom. The lowest BCUT2D eigenvalue weighted by Crippen LogP contribution is -2.60. The van der Waals surface area contributed by atoms with E-state index < -0.39 is 24.5 Å². The summed E-state index contributed by atoms with van der Waals surface area (Å²) in [7, 11) is 1.48. The molecule has 5 heteroatoms. The van der Waals surface area contributed by atoms with E-state index in [0.29, 0.717) is 0 Å². The van der Waals surface area contributed by atoms with Crippen LogP contribution in [0.25, 0.3) is 0 Å². The van der Waals surface area contributed by atoms with Gasteiger partial charge >= 0.3 is 0 Å². The van der Waals surface area contributed by atoms with Gasteiger partial charge in [0.2, 0.25) is 0 Å². The van der Waals surface area contributed by atoms with Crippen LogP contribution >= 0.6 is 0 Å². The lowest BCUT2D eigenvalue weighted by molar-refractivity contribution is -0.188. The average Bonchev–Trinajstić information content (AvgIpc) is 2.01. The van der Waals surface area contributed by atoms with Gasteiger partial charge in [0.15, 0.2) is 6.29 Å². The Balaban J connectivity index is 2.52. The summed E-state index contributed by atoms with van der Waals surface area (Å²) in [5.41, 5.74) is 11.0. The van der Waals surface area contributed by atoms with Gasteiger partial charge in [0.05, 0.1) is 24.8 Å². The summed E-state index contributed by atoms with van der Waals surface area (Å²) in [6.45, 7) is 0.285. The van der Waals surface area contributed by atoms with Crippen molar-refractivity contribution in [1.82, 2.24) is 0 Å². The second-order valence-corrected chi connectivity index (χ2v) is 2.67. The van der Waals surface area contributed by atoms with E-state index in [2.05, 4.69) is 0 Å². The molecule has 5 N–H and O–H groups in total. The number of rotatable bonds is 1. The van der Waals surface area contributed by atoms with Crippen LogP contribution < -0.4 is 11.5 Å². The van der Waals surface area contributed by atoms with Gasteiger partial charge < -0.3 is 26.0 Å². The van der Waals surface area contributed by atoms with Crippen molar-refractivity contribution in [3.8, 4) is 0 Å². The van der Waals surface area contributed by atoms with Crippen molar-refractivity contribution in [1.29, 1.82) is 0 Å². The number of hydrogen-bond donors (Lipinski definition) is 3. The first-order valence-electron chi connectivity index (χ1n) is 3.50. The molecule has 1 aliphatic heterocycles. The molecule has 1 aliphatic rings. The van der Waals surface area contributed by atoms with Crippen molar-refractivity contribution >= 4 is 0 Å². The van der Waals surface area contributed by atoms with Crippen molar-refractivity contribution in [3.63, 3.8) is 0 Å². The average molecular weight is 162 g/mol. The molecule has 1 heterocycles. The van der Waals surface area contributed by atoms with Gasteiger partial charge in [-0.05, 0) is 0 Å². The van der Waals surface area contributed by atoms with E-state index in [4.69, 9.17) is 20.9 Å². The number of nitrogens with two attached hydrogens (primary N) is 2. The molecule has 0 spiro atoms. The molecular weight excluding hydrogens is 148 g/mol. The summed E-state index contributed by atoms with van der Waals surface area (Å²) < 4.78 is 9.95. The first kappa shape index (κ1) is 8.89. The molecule has 4 atom stereocenters. The molecule has 11 heavy (non-hydrogen) atoms. The van der Waals surface area contributed by atoms with Crippen LogP contribution in [0.2, 0.25) is 0 Å². The number of hydrogen-bond acceptors (Lipinski definition) is 5. The number of aliphatic hydroxyl groups excluding tert-OH is 1. The molecule has 0 aromatic heterocycles. The van der Waals surface area contributed by atoms with Crippen molar-refractivity contribution in [2.45, 2.75) is 24.5 Å². The van der Waals surface area contributed by atoms with Crippen molar-refractivity contribution in [2.75, 3.05) is 13.7 Å². The van der Waals surface area contributed by atoms with E-state index in [1.807, 2.05) is 0 Å². The predicted molar refractivity (Wildman–Crippen MR) is 38.7 cm³/mol. The smallest absolute Gasteiger partial charge is 0.174 e. The molecule has 0 saturated carbocycles. The summed E-state index contributed by atoms with van der Waals surface area (Å²) in [6.07, 6.45) is -1.28. The molecule has 0 radical (unpaired) electrons. The minimum atomic E-state index is -0.742. The van der Waals surface area contributed by atoms with Crippen LogP contribution in [-0.2, 0) is 9.47 Å². The third kappa shape index (κ3) is 1.69. The zero-order valence-corrected chi connectivity index (χ0v) is 6.43. The minimum absolute atomic E-state index is 0.285. The fraction of sp³-hybridized carbons (Fsp3) is 1.00. The third-order valence-electron chi connectivity index (χ3n) is 1.83. The second-order valence-electron chi connectivity index (χ2n) is 2.67. The van der Waals surface area contributed by atoms with Gasteiger partial charge in [-0.25, -0.2) is 0 Å². The molecule has 0 bridgehead atoms. The molecule has 0 unspecified atom stereocenters. The Labute approximate surface area is 65.3 Å². The van der Waals surface area contributed by atoms with Crippen LogP contribution in [0.3, 0.4) is 0 Å². The number of aliphatic hydroxyl groups is 1. The van der Waals surface area contributed by atoms with Gasteiger partial charge in [0.25, 0.3) is 0 Å². The maximum atomic E-state index is 9.34. The van der Waals surface area contributed by atoms with Crippen molar-refractivity contribution in [2.24, 2.45) is 11.5 Å². The van der Waals surface area contributed by atoms with E-state index >= 15 is 0 Å². The highest BCUT2D eigenvalue weighted by Gasteiger charge is 2.35. The van der Waals surface area contributed by atoms with Gasteiger partial charge in [-0.15, -0.1) is 0 Å². The Bertz CT molecular complexity index is 131. The van der Waals surface area contributed by atoms with E-state index in [-0.39, 0.29) is 6.61 Å². The van der Waals surface area contributed by atoms with Crippen LogP contribution in [0, 0.1) is 0 Å². The maximum Gasteiger partial charge on any atom is 0.174 e. The largest absolute Gasteiger partial charge is 0.390 e. The molecule has 1 saturated heterocycles. The number of methoxy groups -OCH3 is 1. The molecule has 0 aromatic carbocycles. The summed E-state index contributed by atoms with van der Waals surface area (Å²) in [5, 5.41) is 9.34. The quantitative estimate of drug-likeness (QED) is 0.415. The van der Waals surface area contributed by atoms with Crippen LogP contribution in [0.4, 0.5) is 0 Å². The third-order valence-corrected chi connectivity index (χ3v) is 1.83. The van der Waals surface area contributed by atoms with E-state index in [0.717, 1.165) is 0 Å². The topological polar surface area (TPSA) is 90.7 Å². The molecule has 5 nitrogen and oxygen atoms in total. The van der Waals surface area contributed by atoms with Gasteiger partial charge in [-0.2, -0.15) is 0 Å². The lowest BCUT2D eigenvalue weighted by Gasteiger charge is -2.35. The fourth-order valence-electron chi connectivity index (χ4n) is 1.09. The summed E-state index contributed by atoms with van der Waals surface area (Å²) in [5.74, 6) is 0. The molecule has 66 valence electrons.